The molecule has 1 aliphatic rings. The molecule has 4 nitrogen and oxygen atoms in total. The van der Waals surface area contributed by atoms with Crippen LogP contribution >= 0.6 is 0 Å². The van der Waals surface area contributed by atoms with E-state index in [0.29, 0.717) is 11.4 Å². The minimum atomic E-state index is -0.307. The Labute approximate surface area is 82.1 Å². The van der Waals surface area contributed by atoms with Crippen LogP contribution in [-0.4, -0.2) is 17.1 Å². The van der Waals surface area contributed by atoms with Crippen molar-refractivity contribution in [3.8, 4) is 0 Å². The average Bonchev–Trinajstić information content (AvgIpc) is 2.14. The van der Waals surface area contributed by atoms with E-state index in [9.17, 15) is 4.79 Å². The van der Waals surface area contributed by atoms with Crippen molar-refractivity contribution in [2.45, 2.75) is 25.9 Å². The number of cyclic esters (lactones) is 1. The van der Waals surface area contributed by atoms with E-state index in [1.807, 2.05) is 13.8 Å². The van der Waals surface area contributed by atoms with Gasteiger partial charge >= 0.3 is 5.97 Å². The summed E-state index contributed by atoms with van der Waals surface area (Å²) in [7, 11) is 0. The zero-order valence-corrected chi connectivity index (χ0v) is 8.15. The molecule has 14 heavy (non-hydrogen) atoms. The van der Waals surface area contributed by atoms with Crippen molar-refractivity contribution >= 4 is 11.8 Å². The predicted octanol–water partition coefficient (Wildman–Crippen LogP) is 1.33. The van der Waals surface area contributed by atoms with E-state index in [1.165, 1.54) is 0 Å². The van der Waals surface area contributed by atoms with Crippen LogP contribution in [0.1, 0.15) is 35.8 Å². The molecule has 0 saturated carbocycles. The number of nitrogens with two attached hydrogens (primary N) is 1. The van der Waals surface area contributed by atoms with E-state index in [4.69, 9.17) is 10.5 Å². The Bertz CT molecular complexity index is 390. The molecule has 0 saturated heterocycles. The maximum atomic E-state index is 11.4. The lowest BCUT2D eigenvalue weighted by Crippen LogP contribution is -2.29. The Morgan fingerprint density at radius 3 is 2.86 bits per heavy atom. The summed E-state index contributed by atoms with van der Waals surface area (Å²) in [5, 5.41) is 0. The van der Waals surface area contributed by atoms with Gasteiger partial charge in [0, 0.05) is 5.92 Å². The van der Waals surface area contributed by atoms with Crippen molar-refractivity contribution in [1.82, 2.24) is 4.98 Å². The van der Waals surface area contributed by atoms with Crippen molar-refractivity contribution in [2.75, 3.05) is 5.73 Å². The summed E-state index contributed by atoms with van der Waals surface area (Å²) in [5.41, 5.74) is 6.85. The molecule has 0 fully saturated rings. The zero-order chi connectivity index (χ0) is 10.3. The third-order valence-corrected chi connectivity index (χ3v) is 2.59. The fourth-order valence-electron chi connectivity index (χ4n) is 1.57. The first-order valence-electron chi connectivity index (χ1n) is 4.57. The molecule has 0 spiro atoms. The molecule has 1 aliphatic heterocycles. The number of pyridine rings is 1. The maximum Gasteiger partial charge on any atom is 0.340 e. The molecule has 0 aromatic carbocycles. The summed E-state index contributed by atoms with van der Waals surface area (Å²) < 4.78 is 5.15. The fourth-order valence-corrected chi connectivity index (χ4v) is 1.57. The highest BCUT2D eigenvalue weighted by Gasteiger charge is 2.31. The lowest BCUT2D eigenvalue weighted by molar-refractivity contribution is 0.0235. The fraction of sp³-hybridized carbons (Fsp3) is 0.400. The highest BCUT2D eigenvalue weighted by molar-refractivity contribution is 5.92. The molecule has 0 bridgehead atoms. The number of nitrogens with zero attached hydrogens (tertiary/aromatic N) is 1. The van der Waals surface area contributed by atoms with Gasteiger partial charge in [0.1, 0.15) is 11.9 Å². The number of rotatable bonds is 0. The van der Waals surface area contributed by atoms with Crippen molar-refractivity contribution in [2.24, 2.45) is 0 Å². The molecule has 4 heteroatoms. The van der Waals surface area contributed by atoms with Gasteiger partial charge in [-0.1, -0.05) is 6.92 Å². The molecular formula is C10H12N2O2. The molecule has 74 valence electrons. The van der Waals surface area contributed by atoms with Crippen molar-refractivity contribution in [3.63, 3.8) is 0 Å². The van der Waals surface area contributed by atoms with E-state index >= 15 is 0 Å². The summed E-state index contributed by atoms with van der Waals surface area (Å²) in [6.07, 6.45) is -0.135. The maximum absolute atomic E-state index is 11.4. The molecule has 1 aromatic rings. The van der Waals surface area contributed by atoms with Crippen LogP contribution in [-0.2, 0) is 4.74 Å². The number of hydrogen-bond donors (Lipinski definition) is 1. The molecule has 1 aromatic heterocycles. The number of carbonyl (C=O) groups excluding carboxylic acids is 1. The molecule has 0 amide bonds. The number of ether oxygens (including phenoxy) is 1. The largest absolute Gasteiger partial charge is 0.458 e. The van der Waals surface area contributed by atoms with E-state index in [-0.39, 0.29) is 18.0 Å². The summed E-state index contributed by atoms with van der Waals surface area (Å²) in [5.74, 6) is 0.238. The smallest absolute Gasteiger partial charge is 0.340 e. The van der Waals surface area contributed by atoms with Gasteiger partial charge in [-0.15, -0.1) is 0 Å². The van der Waals surface area contributed by atoms with Crippen LogP contribution in [0.5, 0.6) is 0 Å². The highest BCUT2D eigenvalue weighted by Crippen LogP contribution is 2.29. The third-order valence-electron chi connectivity index (χ3n) is 2.59. The highest BCUT2D eigenvalue weighted by atomic mass is 16.5. The van der Waals surface area contributed by atoms with Gasteiger partial charge in [0.15, 0.2) is 0 Å². The van der Waals surface area contributed by atoms with Crippen LogP contribution in [0, 0.1) is 0 Å². The van der Waals surface area contributed by atoms with E-state index < -0.39 is 0 Å². The third kappa shape index (κ3) is 1.23. The lowest BCUT2D eigenvalue weighted by Gasteiger charge is -2.27. The summed E-state index contributed by atoms with van der Waals surface area (Å²) in [4.78, 5) is 15.6. The normalized spacial score (nSPS) is 25.4. The topological polar surface area (TPSA) is 65.2 Å². The molecule has 0 aliphatic carbocycles. The van der Waals surface area contributed by atoms with Crippen molar-refractivity contribution in [3.05, 3.63) is 23.4 Å². The quantitative estimate of drug-likeness (QED) is 0.630. The van der Waals surface area contributed by atoms with Gasteiger partial charge in [0.25, 0.3) is 0 Å². The van der Waals surface area contributed by atoms with Gasteiger partial charge in [-0.2, -0.15) is 0 Å². The first-order valence-corrected chi connectivity index (χ1v) is 4.57. The second-order valence-electron chi connectivity index (χ2n) is 3.57. The second-order valence-corrected chi connectivity index (χ2v) is 3.57. The second kappa shape index (κ2) is 2.97. The molecule has 2 rings (SSSR count). The number of fused-ring (bicyclic) bond motifs is 1. The van der Waals surface area contributed by atoms with Crippen molar-refractivity contribution in [1.29, 1.82) is 0 Å². The molecule has 0 unspecified atom stereocenters. The van der Waals surface area contributed by atoms with Crippen molar-refractivity contribution < 1.29 is 9.53 Å². The SMILES string of the molecule is C[C@@H]1c2nc(N)ccc2C(=O)O[C@@H]1C. The summed E-state index contributed by atoms with van der Waals surface area (Å²) in [6, 6.07) is 3.28. The summed E-state index contributed by atoms with van der Waals surface area (Å²) in [6.45, 7) is 3.83. The first-order chi connectivity index (χ1) is 6.59. The number of hydrogen-bond acceptors (Lipinski definition) is 4. The van der Waals surface area contributed by atoms with Gasteiger partial charge in [0.05, 0.1) is 11.3 Å². The molecular weight excluding hydrogens is 180 g/mol. The van der Waals surface area contributed by atoms with Crippen LogP contribution in [0.25, 0.3) is 0 Å². The van der Waals surface area contributed by atoms with E-state index in [0.717, 1.165) is 5.69 Å². The number of anilines is 1. The molecule has 2 atom stereocenters. The van der Waals surface area contributed by atoms with E-state index in [1.54, 1.807) is 12.1 Å². The minimum absolute atomic E-state index is 0.103. The Morgan fingerprint density at radius 2 is 2.14 bits per heavy atom. The summed E-state index contributed by atoms with van der Waals surface area (Å²) >= 11 is 0. The molecule has 2 N–H and O–H groups in total. The van der Waals surface area contributed by atoms with Crippen LogP contribution in [0.15, 0.2) is 12.1 Å². The predicted molar refractivity (Wildman–Crippen MR) is 51.9 cm³/mol. The number of nitrogen functional groups attached to an aromatic ring is 1. The minimum Gasteiger partial charge on any atom is -0.458 e. The van der Waals surface area contributed by atoms with Gasteiger partial charge < -0.3 is 10.5 Å². The average molecular weight is 192 g/mol. The molecule has 0 radical (unpaired) electrons. The monoisotopic (exact) mass is 192 g/mol. The van der Waals surface area contributed by atoms with Crippen LogP contribution in [0.2, 0.25) is 0 Å². The van der Waals surface area contributed by atoms with Gasteiger partial charge in [-0.3, -0.25) is 0 Å². The number of esters is 1. The number of carbonyl (C=O) groups is 1. The standard InChI is InChI=1S/C10H12N2O2/c1-5-6(2)14-10(13)7-3-4-8(11)12-9(5)7/h3-6H,1-2H3,(H2,11,12)/t5-,6+/m0/s1. The van der Waals surface area contributed by atoms with Gasteiger partial charge in [0.2, 0.25) is 0 Å². The van der Waals surface area contributed by atoms with Gasteiger partial charge in [-0.05, 0) is 19.1 Å². The number of aromatic nitrogens is 1. The van der Waals surface area contributed by atoms with Crippen LogP contribution in [0.4, 0.5) is 5.82 Å². The first kappa shape index (κ1) is 8.99. The molecule has 2 heterocycles. The van der Waals surface area contributed by atoms with Crippen LogP contribution < -0.4 is 5.73 Å². The Morgan fingerprint density at radius 1 is 1.43 bits per heavy atom. The lowest BCUT2D eigenvalue weighted by atomic mass is 9.94. The Balaban J connectivity index is 2.56. The Hall–Kier alpha value is -1.58. The van der Waals surface area contributed by atoms with Gasteiger partial charge in [-0.25, -0.2) is 9.78 Å². The van der Waals surface area contributed by atoms with Crippen LogP contribution in [0.3, 0.4) is 0 Å². The Kier molecular flexibility index (Phi) is 1.91. The van der Waals surface area contributed by atoms with E-state index in [2.05, 4.69) is 4.98 Å². The zero-order valence-electron chi connectivity index (χ0n) is 8.15.